The Morgan fingerprint density at radius 2 is 1.72 bits per heavy atom. The summed E-state index contributed by atoms with van der Waals surface area (Å²) in [5.41, 5.74) is 4.99. The van der Waals surface area contributed by atoms with E-state index in [1.165, 1.54) is 17.3 Å². The van der Waals surface area contributed by atoms with Gasteiger partial charge in [0.2, 0.25) is 0 Å². The lowest BCUT2D eigenvalue weighted by atomic mass is 9.90. The number of halogens is 3. The topological polar surface area (TPSA) is 64.1 Å². The molecule has 0 bridgehead atoms. The van der Waals surface area contributed by atoms with Crippen LogP contribution in [0.25, 0.3) is 0 Å². The van der Waals surface area contributed by atoms with Crippen LogP contribution in [0, 0.1) is 13.8 Å². The molecular weight excluding hydrogens is 491 g/mol. The van der Waals surface area contributed by atoms with Crippen molar-refractivity contribution < 1.29 is 27.9 Å². The maximum atomic E-state index is 13.9. The summed E-state index contributed by atoms with van der Waals surface area (Å²) in [5.74, 6) is -0.959. The van der Waals surface area contributed by atoms with Crippen molar-refractivity contribution in [3.8, 4) is 0 Å². The van der Waals surface area contributed by atoms with E-state index in [4.69, 9.17) is 0 Å². The molecule has 3 heterocycles. The van der Waals surface area contributed by atoms with Crippen LogP contribution in [0.5, 0.6) is 0 Å². The lowest BCUT2D eigenvalue weighted by molar-refractivity contribution is -0.222. The molecule has 2 unspecified atom stereocenters. The lowest BCUT2D eigenvalue weighted by Crippen LogP contribution is -2.70. The number of amides is 1. The van der Waals surface area contributed by atoms with Gasteiger partial charge in [-0.1, -0.05) is 36.4 Å². The minimum atomic E-state index is -4.68. The van der Waals surface area contributed by atoms with Crippen molar-refractivity contribution in [2.45, 2.75) is 61.8 Å². The minimum absolute atomic E-state index is 0.364. The number of carbonyl (C=O) groups excluding carboxylic acids is 2. The van der Waals surface area contributed by atoms with Crippen molar-refractivity contribution in [3.63, 3.8) is 0 Å². The monoisotopic (exact) mass is 517 g/mol. The zero-order valence-electron chi connectivity index (χ0n) is 20.0. The number of nitrogens with zero attached hydrogens (tertiary/aromatic N) is 3. The molecule has 1 saturated heterocycles. The second kappa shape index (κ2) is 8.93. The first-order valence-electron chi connectivity index (χ1n) is 11.6. The van der Waals surface area contributed by atoms with E-state index in [1.807, 2.05) is 50.2 Å². The van der Waals surface area contributed by atoms with Crippen LogP contribution in [0.2, 0.25) is 0 Å². The maximum absolute atomic E-state index is 13.9. The van der Waals surface area contributed by atoms with Gasteiger partial charge in [-0.25, -0.2) is 0 Å². The Morgan fingerprint density at radius 3 is 2.42 bits per heavy atom. The standard InChI is InChI=1S/C26H26F3N3O3S/c1-14-6-4-8-17-19(14)12-36-24-15(2)7-5-9-18(24)21(17)32-13-30(16(3)26(27,28)29)25(35)22-23(34)20(33)10-11-31(22)32/h4-11,16,21-23,34H,12-13H2,1-3H3/t16-,21-,22?,23?/m1/s1. The molecule has 2 aromatic carbocycles. The van der Waals surface area contributed by atoms with Gasteiger partial charge in [-0.05, 0) is 48.6 Å². The highest BCUT2D eigenvalue weighted by Gasteiger charge is 2.53. The number of hydrogen-bond donors (Lipinski definition) is 1. The maximum Gasteiger partial charge on any atom is 0.408 e. The summed E-state index contributed by atoms with van der Waals surface area (Å²) in [5, 5.41) is 13.8. The predicted octanol–water partition coefficient (Wildman–Crippen LogP) is 4.09. The Hall–Kier alpha value is -2.82. The van der Waals surface area contributed by atoms with Crippen molar-refractivity contribution >= 4 is 23.5 Å². The smallest absolute Gasteiger partial charge is 0.382 e. The molecule has 0 aliphatic carbocycles. The van der Waals surface area contributed by atoms with Crippen LogP contribution >= 0.6 is 11.8 Å². The van der Waals surface area contributed by atoms with Crippen molar-refractivity contribution in [2.75, 3.05) is 6.67 Å². The largest absolute Gasteiger partial charge is 0.408 e. The zero-order chi connectivity index (χ0) is 25.9. The van der Waals surface area contributed by atoms with E-state index in [2.05, 4.69) is 0 Å². The molecule has 3 aliphatic rings. The molecular formula is C26H26F3N3O3S. The molecule has 190 valence electrons. The fourth-order valence-corrected chi connectivity index (χ4v) is 6.53. The highest BCUT2D eigenvalue weighted by molar-refractivity contribution is 7.98. The van der Waals surface area contributed by atoms with Gasteiger partial charge in [0.1, 0.15) is 12.1 Å². The van der Waals surface area contributed by atoms with Crippen molar-refractivity contribution in [1.82, 2.24) is 14.9 Å². The van der Waals surface area contributed by atoms with E-state index in [0.717, 1.165) is 44.5 Å². The molecule has 36 heavy (non-hydrogen) atoms. The molecule has 1 amide bonds. The number of aryl methyl sites for hydroxylation is 2. The van der Waals surface area contributed by atoms with Gasteiger partial charge >= 0.3 is 6.18 Å². The second-order valence-electron chi connectivity index (χ2n) is 9.42. The third-order valence-corrected chi connectivity index (χ3v) is 8.55. The summed E-state index contributed by atoms with van der Waals surface area (Å²) in [4.78, 5) is 27.4. The summed E-state index contributed by atoms with van der Waals surface area (Å²) in [6.45, 7) is 4.56. The molecule has 0 radical (unpaired) electrons. The quantitative estimate of drug-likeness (QED) is 0.648. The summed E-state index contributed by atoms with van der Waals surface area (Å²) in [7, 11) is 0. The Labute approximate surface area is 211 Å². The van der Waals surface area contributed by atoms with Gasteiger partial charge in [0.15, 0.2) is 11.8 Å². The molecule has 0 aromatic heterocycles. The van der Waals surface area contributed by atoms with Crippen molar-refractivity contribution in [3.05, 3.63) is 76.5 Å². The summed E-state index contributed by atoms with van der Waals surface area (Å²) < 4.78 is 41.6. The van der Waals surface area contributed by atoms with Gasteiger partial charge in [0.25, 0.3) is 5.91 Å². The number of hydrogen-bond acceptors (Lipinski definition) is 6. The number of benzene rings is 2. The predicted molar refractivity (Wildman–Crippen MR) is 129 cm³/mol. The number of alkyl halides is 3. The molecule has 3 aliphatic heterocycles. The van der Waals surface area contributed by atoms with Crippen LogP contribution in [0.15, 0.2) is 53.6 Å². The number of fused-ring (bicyclic) bond motifs is 3. The zero-order valence-corrected chi connectivity index (χ0v) is 20.8. The SMILES string of the molecule is Cc1cccc2c1CSc1c(C)cccc1[C@@H]2N1CN([C@H](C)C(F)(F)F)C(=O)C2C(O)C(=O)C=CN21. The molecule has 1 N–H and O–H groups in total. The van der Waals surface area contributed by atoms with E-state index < -0.39 is 42.1 Å². The van der Waals surface area contributed by atoms with Gasteiger partial charge in [-0.3, -0.25) is 14.6 Å². The summed E-state index contributed by atoms with van der Waals surface area (Å²) in [6.07, 6.45) is -3.88. The molecule has 4 atom stereocenters. The third kappa shape index (κ3) is 3.91. The Balaban J connectivity index is 1.73. The number of ketones is 1. The molecule has 2 aromatic rings. The normalized spacial score (nSPS) is 25.2. The molecule has 1 fully saturated rings. The summed E-state index contributed by atoms with van der Waals surface area (Å²) >= 11 is 1.68. The average Bonchev–Trinajstić information content (AvgIpc) is 2.99. The summed E-state index contributed by atoms with van der Waals surface area (Å²) in [6, 6.07) is 7.61. The van der Waals surface area contributed by atoms with Gasteiger partial charge in [-0.15, -0.1) is 11.8 Å². The van der Waals surface area contributed by atoms with Gasteiger partial charge in [0.05, 0.1) is 12.7 Å². The van der Waals surface area contributed by atoms with Crippen molar-refractivity contribution in [2.24, 2.45) is 0 Å². The number of thioether (sulfide) groups is 1. The number of hydrazine groups is 1. The fraction of sp³-hybridized carbons (Fsp3) is 0.385. The van der Waals surface area contributed by atoms with E-state index in [1.54, 1.807) is 16.8 Å². The van der Waals surface area contributed by atoms with Crippen LogP contribution in [0.3, 0.4) is 0 Å². The number of aliphatic hydroxyl groups is 1. The Bertz CT molecular complexity index is 1210. The van der Waals surface area contributed by atoms with E-state index in [0.29, 0.717) is 5.75 Å². The third-order valence-electron chi connectivity index (χ3n) is 7.28. The molecule has 0 spiro atoms. The van der Waals surface area contributed by atoms with E-state index in [9.17, 15) is 27.9 Å². The van der Waals surface area contributed by atoms with E-state index >= 15 is 0 Å². The van der Waals surface area contributed by atoms with Crippen LogP contribution in [-0.2, 0) is 15.3 Å². The van der Waals surface area contributed by atoms with Gasteiger partial charge < -0.3 is 10.0 Å². The first-order chi connectivity index (χ1) is 17.0. The molecule has 5 rings (SSSR count). The first kappa shape index (κ1) is 24.9. The highest BCUT2D eigenvalue weighted by Crippen LogP contribution is 2.46. The van der Waals surface area contributed by atoms with Crippen LogP contribution in [0.1, 0.15) is 40.8 Å². The molecule has 0 saturated carbocycles. The fourth-order valence-electron chi connectivity index (χ4n) is 5.21. The van der Waals surface area contributed by atoms with Gasteiger partial charge in [-0.2, -0.15) is 18.2 Å². The number of rotatable bonds is 2. The molecule has 10 heteroatoms. The lowest BCUT2D eigenvalue weighted by Gasteiger charge is -2.53. The molecule has 6 nitrogen and oxygen atoms in total. The first-order valence-corrected chi connectivity index (χ1v) is 12.6. The second-order valence-corrected chi connectivity index (χ2v) is 10.4. The average molecular weight is 518 g/mol. The van der Waals surface area contributed by atoms with Crippen LogP contribution < -0.4 is 0 Å². The van der Waals surface area contributed by atoms with E-state index in [-0.39, 0.29) is 6.67 Å². The van der Waals surface area contributed by atoms with Crippen LogP contribution in [-0.4, -0.2) is 62.7 Å². The number of carbonyl (C=O) groups is 2. The van der Waals surface area contributed by atoms with Gasteiger partial charge in [0, 0.05) is 22.9 Å². The number of aliphatic hydroxyl groups excluding tert-OH is 1. The Morgan fingerprint density at radius 1 is 1.06 bits per heavy atom. The van der Waals surface area contributed by atoms with Crippen molar-refractivity contribution in [1.29, 1.82) is 0 Å². The van der Waals surface area contributed by atoms with Crippen LogP contribution in [0.4, 0.5) is 13.2 Å². The Kier molecular flexibility index (Phi) is 6.17. The highest BCUT2D eigenvalue weighted by atomic mass is 32.2. The minimum Gasteiger partial charge on any atom is -0.382 e.